The number of aromatic nitrogens is 1. The molecule has 166 valence electrons. The Kier molecular flexibility index (Phi) is 4.65. The number of rotatable bonds is 4. The van der Waals surface area contributed by atoms with Crippen LogP contribution in [0.3, 0.4) is 0 Å². The van der Waals surface area contributed by atoms with Gasteiger partial charge in [0.25, 0.3) is 0 Å². The molecule has 5 nitrogen and oxygen atoms in total. The zero-order valence-electron chi connectivity index (χ0n) is 17.9. The molecule has 34 heavy (non-hydrogen) atoms. The van der Waals surface area contributed by atoms with Crippen LogP contribution < -0.4 is 9.55 Å². The smallest absolute Gasteiger partial charge is 0.622 e. The molecule has 0 radical (unpaired) electrons. The van der Waals surface area contributed by atoms with Crippen molar-refractivity contribution in [3.05, 3.63) is 109 Å². The highest BCUT2D eigenvalue weighted by Crippen LogP contribution is 2.39. The Bertz CT molecular complexity index is 1450. The first-order valence-electron chi connectivity index (χ1n) is 10.8. The standard InChI is InChI=1S/C26H18BF2N3O2/c28-27(29)31(26-30-23-13-7-8-14-24(23)33-26)18-19-15-16-22(17-25(19)34-27)32(20-9-3-1-4-10-20)21-11-5-2-6-12-21/h1-18H. The second-order valence-electron chi connectivity index (χ2n) is 7.91. The van der Waals surface area contributed by atoms with Crippen molar-refractivity contribution >= 4 is 47.4 Å². The van der Waals surface area contributed by atoms with Gasteiger partial charge in [0.05, 0.1) is 12.0 Å². The third kappa shape index (κ3) is 3.49. The lowest BCUT2D eigenvalue weighted by atomic mass is 10.00. The Labute approximate surface area is 194 Å². The molecule has 0 unspecified atom stereocenters. The summed E-state index contributed by atoms with van der Waals surface area (Å²) in [7, 11) is -4.45. The Morgan fingerprint density at radius 1 is 0.735 bits per heavy atom. The summed E-state index contributed by atoms with van der Waals surface area (Å²) < 4.78 is 41.8. The van der Waals surface area contributed by atoms with Crippen LogP contribution in [0.2, 0.25) is 0 Å². The van der Waals surface area contributed by atoms with Gasteiger partial charge < -0.3 is 22.6 Å². The molecule has 1 aliphatic rings. The van der Waals surface area contributed by atoms with E-state index >= 15 is 8.63 Å². The number of anilines is 3. The third-order valence-corrected chi connectivity index (χ3v) is 5.66. The second-order valence-corrected chi connectivity index (χ2v) is 7.91. The highest BCUT2D eigenvalue weighted by atomic mass is 19.3. The van der Waals surface area contributed by atoms with Crippen LogP contribution in [0.5, 0.6) is 5.75 Å². The molecule has 0 amide bonds. The molecule has 0 atom stereocenters. The predicted molar refractivity (Wildman–Crippen MR) is 129 cm³/mol. The van der Waals surface area contributed by atoms with Crippen LogP contribution in [-0.2, 0) is 0 Å². The molecule has 2 heterocycles. The van der Waals surface area contributed by atoms with E-state index in [2.05, 4.69) is 4.98 Å². The van der Waals surface area contributed by atoms with Crippen molar-refractivity contribution in [3.8, 4) is 5.75 Å². The number of oxazole rings is 1. The maximum Gasteiger partial charge on any atom is 0.736 e. The topological polar surface area (TPSA) is 41.5 Å². The largest absolute Gasteiger partial charge is 0.736 e. The minimum atomic E-state index is -4.45. The van der Waals surface area contributed by atoms with Crippen molar-refractivity contribution in [2.75, 3.05) is 4.90 Å². The molecular formula is C26H18BF2N3O2. The van der Waals surface area contributed by atoms with Crippen molar-refractivity contribution in [1.29, 1.82) is 0 Å². The zero-order valence-corrected chi connectivity index (χ0v) is 17.9. The maximum absolute atomic E-state index is 15.2. The van der Waals surface area contributed by atoms with E-state index in [0.29, 0.717) is 26.8 Å². The van der Waals surface area contributed by atoms with Crippen LogP contribution in [0.1, 0.15) is 5.56 Å². The van der Waals surface area contributed by atoms with E-state index in [9.17, 15) is 0 Å². The van der Waals surface area contributed by atoms with Gasteiger partial charge in [0.1, 0.15) is 0 Å². The summed E-state index contributed by atoms with van der Waals surface area (Å²) >= 11 is 0. The molecule has 0 saturated carbocycles. The maximum atomic E-state index is 15.2. The van der Waals surface area contributed by atoms with E-state index in [1.807, 2.05) is 71.6 Å². The Balaban J connectivity index is 1.45. The minimum absolute atomic E-state index is 0.0896. The Morgan fingerprint density at radius 2 is 1.38 bits per heavy atom. The number of benzene rings is 4. The van der Waals surface area contributed by atoms with Gasteiger partial charge in [-0.25, -0.2) is 0 Å². The number of halogens is 2. The third-order valence-electron chi connectivity index (χ3n) is 5.66. The van der Waals surface area contributed by atoms with E-state index in [0.717, 1.165) is 11.4 Å². The average molecular weight is 453 g/mol. The quantitative estimate of drug-likeness (QED) is 0.280. The fraction of sp³-hybridized carbons (Fsp3) is 0. The number of fused-ring (bicyclic) bond motifs is 2. The molecule has 0 N–H and O–H groups in total. The van der Waals surface area contributed by atoms with Gasteiger partial charge in [-0.2, -0.15) is 0 Å². The molecule has 0 bridgehead atoms. The molecular weight excluding hydrogens is 435 g/mol. The number of hydrogen-bond acceptors (Lipinski definition) is 4. The highest BCUT2D eigenvalue weighted by molar-refractivity contribution is 6.52. The second kappa shape index (κ2) is 7.84. The summed E-state index contributed by atoms with van der Waals surface area (Å²) in [5.74, 6) is 0.0896. The normalized spacial score (nSPS) is 14.2. The van der Waals surface area contributed by atoms with E-state index < -0.39 is 7.04 Å². The lowest BCUT2D eigenvalue weighted by Crippen LogP contribution is -2.46. The molecule has 0 fully saturated rings. The lowest BCUT2D eigenvalue weighted by Gasteiger charge is -2.31. The summed E-state index contributed by atoms with van der Waals surface area (Å²) in [6.07, 6.45) is 1.32. The summed E-state index contributed by atoms with van der Waals surface area (Å²) in [5, 5.41) is 0. The molecule has 0 spiro atoms. The zero-order chi connectivity index (χ0) is 23.1. The van der Waals surface area contributed by atoms with E-state index in [1.165, 1.54) is 6.21 Å². The van der Waals surface area contributed by atoms with Crippen molar-refractivity contribution in [2.24, 2.45) is 0 Å². The lowest BCUT2D eigenvalue weighted by molar-refractivity contribution is -0.364. The van der Waals surface area contributed by atoms with Gasteiger partial charge in [-0.15, -0.1) is 0 Å². The molecule has 1 aromatic heterocycles. The van der Waals surface area contributed by atoms with E-state index in [-0.39, 0.29) is 11.8 Å². The summed E-state index contributed by atoms with van der Waals surface area (Å²) in [5.41, 5.74) is 3.93. The van der Waals surface area contributed by atoms with E-state index in [1.54, 1.807) is 36.4 Å². The van der Waals surface area contributed by atoms with E-state index in [4.69, 9.17) is 9.07 Å². The first-order chi connectivity index (χ1) is 16.6. The van der Waals surface area contributed by atoms with Crippen LogP contribution in [0, 0.1) is 0 Å². The van der Waals surface area contributed by atoms with Crippen molar-refractivity contribution < 1.29 is 22.2 Å². The first-order valence-corrected chi connectivity index (χ1v) is 10.8. The van der Waals surface area contributed by atoms with Crippen LogP contribution in [0.15, 0.2) is 108 Å². The van der Waals surface area contributed by atoms with Gasteiger partial charge in [-0.05, 0) is 53.5 Å². The van der Waals surface area contributed by atoms with Crippen LogP contribution in [0.4, 0.5) is 31.7 Å². The molecule has 0 aliphatic carbocycles. The minimum Gasteiger partial charge on any atom is -0.622 e. The van der Waals surface area contributed by atoms with Crippen molar-refractivity contribution in [1.82, 2.24) is 4.98 Å². The molecule has 6 rings (SSSR count). The molecule has 4 aromatic carbocycles. The summed E-state index contributed by atoms with van der Waals surface area (Å²) in [4.78, 5) is 6.19. The monoisotopic (exact) mass is 453 g/mol. The Hall–Kier alpha value is -4.46. The average Bonchev–Trinajstić information content (AvgIpc) is 3.28. The van der Waals surface area contributed by atoms with Gasteiger partial charge in [-0.1, -0.05) is 48.5 Å². The van der Waals surface area contributed by atoms with Crippen molar-refractivity contribution in [2.45, 2.75) is 0 Å². The first kappa shape index (κ1) is 20.2. The van der Waals surface area contributed by atoms with Gasteiger partial charge in [0.2, 0.25) is 5.52 Å². The molecule has 5 aromatic rings. The number of hydrogen-bond donors (Lipinski definition) is 0. The molecule has 8 heteroatoms. The van der Waals surface area contributed by atoms with Crippen LogP contribution in [-0.4, -0.2) is 22.7 Å². The predicted octanol–water partition coefficient (Wildman–Crippen LogP) is 6.83. The summed E-state index contributed by atoms with van der Waals surface area (Å²) in [6.45, 7) is 0. The van der Waals surface area contributed by atoms with Crippen LogP contribution >= 0.6 is 0 Å². The SMILES string of the molecule is F[B-]1(F)Oc2cc(N(c3ccccc3)c3ccccc3)ccc2C=[N+]1c1nc2ccccc2o1. The van der Waals surface area contributed by atoms with Gasteiger partial charge in [-0.3, -0.25) is 4.49 Å². The van der Waals surface area contributed by atoms with Gasteiger partial charge >= 0.3 is 13.1 Å². The number of para-hydroxylation sites is 4. The van der Waals surface area contributed by atoms with Crippen LogP contribution in [0.25, 0.3) is 11.1 Å². The van der Waals surface area contributed by atoms with Crippen molar-refractivity contribution in [3.63, 3.8) is 0 Å². The van der Waals surface area contributed by atoms with Gasteiger partial charge in [0, 0.05) is 28.7 Å². The summed E-state index contributed by atoms with van der Waals surface area (Å²) in [6, 6.07) is 31.4. The fourth-order valence-corrected chi connectivity index (χ4v) is 4.07. The number of nitrogens with zero attached hydrogens (tertiary/aromatic N) is 3. The fourth-order valence-electron chi connectivity index (χ4n) is 4.07. The molecule has 0 saturated heterocycles. The van der Waals surface area contributed by atoms with Gasteiger partial charge in [0.15, 0.2) is 5.58 Å². The molecule has 1 aliphatic heterocycles. The Morgan fingerprint density at radius 3 is 2.06 bits per heavy atom. The highest BCUT2D eigenvalue weighted by Gasteiger charge is 2.47.